The van der Waals surface area contributed by atoms with Crippen molar-refractivity contribution in [1.29, 1.82) is 0 Å². The Kier molecular flexibility index (Phi) is 4.44. The van der Waals surface area contributed by atoms with Crippen LogP contribution in [0, 0.1) is 5.82 Å². The number of piperidine rings is 1. The number of benzene rings is 1. The zero-order chi connectivity index (χ0) is 17.3. The van der Waals surface area contributed by atoms with Gasteiger partial charge in [0.25, 0.3) is 0 Å². The molecule has 0 unspecified atom stereocenters. The Bertz CT molecular complexity index is 743. The minimum absolute atomic E-state index is 0.233. The fraction of sp³-hybridized carbons (Fsp3) is 0.450. The number of halogens is 1. The predicted molar refractivity (Wildman–Crippen MR) is 93.0 cm³/mol. The zero-order valence-electron chi connectivity index (χ0n) is 14.5. The van der Waals surface area contributed by atoms with E-state index in [2.05, 4.69) is 22.0 Å². The molecule has 4 nitrogen and oxygen atoms in total. The molecule has 2 aromatic rings. The van der Waals surface area contributed by atoms with Crippen molar-refractivity contribution in [2.45, 2.75) is 31.4 Å². The van der Waals surface area contributed by atoms with Crippen LogP contribution in [-0.4, -0.2) is 36.7 Å². The SMILES string of the molecule is COc1cccc2c1C1(CCN(Cc3ncccc3F)CC1)OCC2. The lowest BCUT2D eigenvalue weighted by molar-refractivity contribution is -0.100. The molecule has 1 saturated heterocycles. The molecule has 0 amide bonds. The minimum atomic E-state index is -0.278. The summed E-state index contributed by atoms with van der Waals surface area (Å²) in [6.07, 6.45) is 4.34. The molecule has 5 heteroatoms. The van der Waals surface area contributed by atoms with Gasteiger partial charge >= 0.3 is 0 Å². The Morgan fingerprint density at radius 3 is 2.84 bits per heavy atom. The van der Waals surface area contributed by atoms with E-state index in [1.165, 1.54) is 17.2 Å². The van der Waals surface area contributed by atoms with Crippen molar-refractivity contribution >= 4 is 0 Å². The molecule has 0 atom stereocenters. The number of nitrogens with zero attached hydrogens (tertiary/aromatic N) is 2. The predicted octanol–water partition coefficient (Wildman–Crippen LogP) is 3.29. The summed E-state index contributed by atoms with van der Waals surface area (Å²) in [5, 5.41) is 0. The van der Waals surface area contributed by atoms with Crippen LogP contribution in [0.2, 0.25) is 0 Å². The van der Waals surface area contributed by atoms with Gasteiger partial charge < -0.3 is 9.47 Å². The van der Waals surface area contributed by atoms with Gasteiger partial charge in [0.05, 0.1) is 25.0 Å². The van der Waals surface area contributed by atoms with Gasteiger partial charge in [-0.1, -0.05) is 12.1 Å². The molecule has 2 aliphatic heterocycles. The average molecular weight is 342 g/mol. The summed E-state index contributed by atoms with van der Waals surface area (Å²) >= 11 is 0. The van der Waals surface area contributed by atoms with E-state index in [1.807, 2.05) is 6.07 Å². The molecule has 0 saturated carbocycles. The van der Waals surface area contributed by atoms with Crippen molar-refractivity contribution in [2.24, 2.45) is 0 Å². The summed E-state index contributed by atoms with van der Waals surface area (Å²) in [7, 11) is 1.72. The third kappa shape index (κ3) is 3.02. The van der Waals surface area contributed by atoms with Gasteiger partial charge in [0.1, 0.15) is 11.6 Å². The lowest BCUT2D eigenvalue weighted by atomic mass is 9.78. The van der Waals surface area contributed by atoms with Crippen LogP contribution in [0.5, 0.6) is 5.75 Å². The first-order chi connectivity index (χ1) is 12.2. The number of fused-ring (bicyclic) bond motifs is 2. The first-order valence-corrected chi connectivity index (χ1v) is 8.84. The van der Waals surface area contributed by atoms with Crippen LogP contribution < -0.4 is 4.74 Å². The molecule has 0 bridgehead atoms. The first-order valence-electron chi connectivity index (χ1n) is 8.84. The van der Waals surface area contributed by atoms with Crippen LogP contribution in [-0.2, 0) is 23.3 Å². The maximum atomic E-state index is 13.9. The van der Waals surface area contributed by atoms with Crippen LogP contribution in [0.15, 0.2) is 36.5 Å². The summed E-state index contributed by atoms with van der Waals surface area (Å²) in [5.74, 6) is 0.685. The molecular weight excluding hydrogens is 319 g/mol. The quantitative estimate of drug-likeness (QED) is 0.857. The molecule has 0 aliphatic carbocycles. The number of hydrogen-bond acceptors (Lipinski definition) is 4. The van der Waals surface area contributed by atoms with E-state index in [9.17, 15) is 4.39 Å². The van der Waals surface area contributed by atoms with Gasteiger partial charge in [-0.15, -0.1) is 0 Å². The van der Waals surface area contributed by atoms with Gasteiger partial charge in [-0.3, -0.25) is 9.88 Å². The number of aromatic nitrogens is 1. The molecule has 2 aliphatic rings. The van der Waals surface area contributed by atoms with E-state index in [0.717, 1.165) is 44.7 Å². The molecule has 0 radical (unpaired) electrons. The lowest BCUT2D eigenvalue weighted by Crippen LogP contribution is -2.46. The van der Waals surface area contributed by atoms with E-state index in [-0.39, 0.29) is 11.4 Å². The highest BCUT2D eigenvalue weighted by atomic mass is 19.1. The van der Waals surface area contributed by atoms with Crippen molar-refractivity contribution in [1.82, 2.24) is 9.88 Å². The van der Waals surface area contributed by atoms with Crippen LogP contribution in [0.25, 0.3) is 0 Å². The zero-order valence-corrected chi connectivity index (χ0v) is 14.5. The van der Waals surface area contributed by atoms with Crippen LogP contribution in [0.1, 0.15) is 29.7 Å². The molecule has 1 spiro atoms. The molecular formula is C20H23FN2O2. The number of hydrogen-bond donors (Lipinski definition) is 0. The van der Waals surface area contributed by atoms with Gasteiger partial charge in [0, 0.05) is 31.4 Å². The summed E-state index contributed by atoms with van der Waals surface area (Å²) in [6, 6.07) is 9.35. The summed E-state index contributed by atoms with van der Waals surface area (Å²) in [6.45, 7) is 3.00. The number of pyridine rings is 1. The molecule has 25 heavy (non-hydrogen) atoms. The molecule has 0 N–H and O–H groups in total. The van der Waals surface area contributed by atoms with Gasteiger partial charge in [-0.05, 0) is 43.0 Å². The van der Waals surface area contributed by atoms with E-state index in [0.29, 0.717) is 12.2 Å². The first kappa shape index (κ1) is 16.5. The number of ether oxygens (including phenoxy) is 2. The third-order valence-corrected chi connectivity index (χ3v) is 5.41. The average Bonchev–Trinajstić information content (AvgIpc) is 2.65. The molecule has 4 rings (SSSR count). The van der Waals surface area contributed by atoms with Gasteiger partial charge in [0.2, 0.25) is 0 Å². The Morgan fingerprint density at radius 1 is 1.24 bits per heavy atom. The molecule has 132 valence electrons. The van der Waals surface area contributed by atoms with E-state index < -0.39 is 0 Å². The molecule has 1 aromatic carbocycles. The Hall–Kier alpha value is -1.98. The van der Waals surface area contributed by atoms with Crippen molar-refractivity contribution in [3.05, 3.63) is 59.2 Å². The third-order valence-electron chi connectivity index (χ3n) is 5.41. The van der Waals surface area contributed by atoms with E-state index in [1.54, 1.807) is 19.4 Å². The highest BCUT2D eigenvalue weighted by Crippen LogP contribution is 2.45. The monoisotopic (exact) mass is 342 g/mol. The second-order valence-electron chi connectivity index (χ2n) is 6.80. The smallest absolute Gasteiger partial charge is 0.146 e. The van der Waals surface area contributed by atoms with Crippen LogP contribution >= 0.6 is 0 Å². The van der Waals surface area contributed by atoms with Crippen LogP contribution in [0.4, 0.5) is 4.39 Å². The van der Waals surface area contributed by atoms with Crippen molar-refractivity contribution in [2.75, 3.05) is 26.8 Å². The topological polar surface area (TPSA) is 34.6 Å². The van der Waals surface area contributed by atoms with Gasteiger partial charge in [0.15, 0.2) is 0 Å². The normalized spacial score (nSPS) is 19.6. The second kappa shape index (κ2) is 6.73. The van der Waals surface area contributed by atoms with Crippen LogP contribution in [0.3, 0.4) is 0 Å². The summed E-state index contributed by atoms with van der Waals surface area (Å²) in [4.78, 5) is 6.43. The Labute approximate surface area is 147 Å². The molecule has 3 heterocycles. The van der Waals surface area contributed by atoms with Gasteiger partial charge in [-0.2, -0.15) is 0 Å². The Balaban J connectivity index is 1.54. The maximum absolute atomic E-state index is 13.9. The number of rotatable bonds is 3. The Morgan fingerprint density at radius 2 is 2.08 bits per heavy atom. The highest BCUT2D eigenvalue weighted by molar-refractivity contribution is 5.46. The number of methoxy groups -OCH3 is 1. The second-order valence-corrected chi connectivity index (χ2v) is 6.80. The largest absolute Gasteiger partial charge is 0.496 e. The fourth-order valence-corrected chi connectivity index (χ4v) is 4.11. The standard InChI is InChI=1S/C20H23FN2O2/c1-24-18-6-2-4-15-7-13-25-20(19(15)18)8-11-23(12-9-20)14-17-16(21)5-3-10-22-17/h2-6,10H,7-9,11-14H2,1H3. The van der Waals surface area contributed by atoms with Crippen molar-refractivity contribution in [3.63, 3.8) is 0 Å². The van der Waals surface area contributed by atoms with E-state index in [4.69, 9.17) is 9.47 Å². The fourth-order valence-electron chi connectivity index (χ4n) is 4.11. The minimum Gasteiger partial charge on any atom is -0.496 e. The summed E-state index contributed by atoms with van der Waals surface area (Å²) < 4.78 is 25.8. The molecule has 1 aromatic heterocycles. The highest BCUT2D eigenvalue weighted by Gasteiger charge is 2.42. The van der Waals surface area contributed by atoms with Gasteiger partial charge in [-0.25, -0.2) is 4.39 Å². The maximum Gasteiger partial charge on any atom is 0.146 e. The molecule has 1 fully saturated rings. The lowest BCUT2D eigenvalue weighted by Gasteiger charge is -2.45. The van der Waals surface area contributed by atoms with Crippen molar-refractivity contribution in [3.8, 4) is 5.75 Å². The number of likely N-dealkylation sites (tertiary alicyclic amines) is 1. The summed E-state index contributed by atoms with van der Waals surface area (Å²) in [5.41, 5.74) is 2.78. The van der Waals surface area contributed by atoms with Crippen molar-refractivity contribution < 1.29 is 13.9 Å². The van der Waals surface area contributed by atoms with E-state index >= 15 is 0 Å².